The van der Waals surface area contributed by atoms with Crippen molar-refractivity contribution in [3.05, 3.63) is 101 Å². The van der Waals surface area contributed by atoms with Gasteiger partial charge in [-0.15, -0.1) is 5.06 Å². The van der Waals surface area contributed by atoms with Gasteiger partial charge in [-0.3, -0.25) is 52.9 Å². The molecule has 2 heterocycles. The van der Waals surface area contributed by atoms with Crippen LogP contribution in [0.3, 0.4) is 0 Å². The lowest BCUT2D eigenvalue weighted by Gasteiger charge is -2.41. The summed E-state index contributed by atoms with van der Waals surface area (Å²) < 4.78 is 17.8. The molecule has 2 aliphatic heterocycles. The highest BCUT2D eigenvalue weighted by Gasteiger charge is 2.44. The lowest BCUT2D eigenvalue weighted by Crippen LogP contribution is -2.60. The smallest absolute Gasteiger partial charge is 0.410 e. The number of unbranched alkanes of at least 4 members (excludes halogenated alkanes) is 2. The second kappa shape index (κ2) is 39.3. The molecule has 12 atom stereocenters. The maximum Gasteiger partial charge on any atom is 0.410 e. The molecule has 1 fully saturated rings. The molecule has 2 aliphatic rings. The Labute approximate surface area is 582 Å². The predicted molar refractivity (Wildman–Crippen MR) is 370 cm³/mol. The van der Waals surface area contributed by atoms with Crippen molar-refractivity contribution in [2.45, 2.75) is 201 Å². The number of fused-ring (bicyclic) bond motifs is 1. The van der Waals surface area contributed by atoms with Crippen LogP contribution in [-0.2, 0) is 59.2 Å². The van der Waals surface area contributed by atoms with Crippen molar-refractivity contribution in [1.29, 1.82) is 0 Å². The van der Waals surface area contributed by atoms with E-state index in [1.54, 1.807) is 133 Å². The zero-order valence-corrected chi connectivity index (χ0v) is 60.0. The van der Waals surface area contributed by atoms with E-state index in [4.69, 9.17) is 24.8 Å². The van der Waals surface area contributed by atoms with Crippen LogP contribution in [0.25, 0.3) is 0 Å². The summed E-state index contributed by atoms with van der Waals surface area (Å²) in [6, 6.07) is 15.1. The zero-order chi connectivity index (χ0) is 73.4. The fraction of sp³-hybridized carbons (Fsp3) is 0.597. The SMILES string of the molecule is CCC(C)[C@@H]([C@@H](CC(=O)N1CCC[C@H]1[C@H](OC)[C@@H](C)C(=O)N[C@H](C)[C@@H](O)c1ccccc1)OC)N(C)C(=O)[C@@H](NC(=O)[C@H](C(C)C)N(C)C(=O)OCc1ccc(NC(=O)[C@H](CCCNC(N)=O)NC(=O)[C@@H](NC(=O)CCCCCON2C(=O)c3ccccc3C2=O)C(C)C)cc1)C(C)C. The highest BCUT2D eigenvalue weighted by atomic mass is 16.7. The van der Waals surface area contributed by atoms with Gasteiger partial charge in [-0.2, -0.15) is 0 Å². The molecular formula is C72H107N11O16. The highest BCUT2D eigenvalue weighted by Crippen LogP contribution is 2.31. The topological polar surface area (TPSA) is 356 Å². The largest absolute Gasteiger partial charge is 0.445 e. The van der Waals surface area contributed by atoms with Gasteiger partial charge in [0.15, 0.2) is 0 Å². The molecular weight excluding hydrogens is 1270 g/mol. The number of anilines is 1. The molecule has 0 aliphatic carbocycles. The number of benzene rings is 3. The molecule has 27 heteroatoms. The molecule has 5 rings (SSSR count). The summed E-state index contributed by atoms with van der Waals surface area (Å²) in [5.41, 5.74) is 7.31. The number of nitrogens with one attached hydrogen (secondary N) is 6. The summed E-state index contributed by atoms with van der Waals surface area (Å²) in [7, 11) is 6.08. The third-order valence-electron chi connectivity index (χ3n) is 18.6. The number of hydrogen-bond acceptors (Lipinski definition) is 16. The molecule has 27 nitrogen and oxygen atoms in total. The van der Waals surface area contributed by atoms with Crippen molar-refractivity contribution in [2.75, 3.05) is 53.3 Å². The number of aliphatic hydroxyl groups excluding tert-OH is 1. The summed E-state index contributed by atoms with van der Waals surface area (Å²) in [5.74, 6) is -6.41. The second-order valence-corrected chi connectivity index (χ2v) is 26.9. The number of nitrogens with zero attached hydrogens (tertiary/aromatic N) is 4. The average Bonchev–Trinajstić information content (AvgIpc) is 1.71. The molecule has 3 aromatic rings. The summed E-state index contributed by atoms with van der Waals surface area (Å²) in [4.78, 5) is 159. The maximum absolute atomic E-state index is 14.8. The van der Waals surface area contributed by atoms with Crippen molar-refractivity contribution >= 4 is 71.0 Å². The van der Waals surface area contributed by atoms with Gasteiger partial charge in [0.2, 0.25) is 41.4 Å². The third kappa shape index (κ3) is 22.7. The lowest BCUT2D eigenvalue weighted by atomic mass is 9.89. The Kier molecular flexibility index (Phi) is 32.2. The van der Waals surface area contributed by atoms with Gasteiger partial charge >= 0.3 is 12.1 Å². The van der Waals surface area contributed by atoms with E-state index in [1.165, 1.54) is 26.2 Å². The van der Waals surface area contributed by atoms with Crippen LogP contribution in [0.1, 0.15) is 171 Å². The van der Waals surface area contributed by atoms with Gasteiger partial charge in [0, 0.05) is 53.5 Å². The number of amides is 12. The number of likely N-dealkylation sites (N-methyl/N-ethyl adjacent to an activating group) is 2. The Balaban J connectivity index is 1.15. The van der Waals surface area contributed by atoms with Gasteiger partial charge in [-0.05, 0) is 105 Å². The van der Waals surface area contributed by atoms with E-state index in [9.17, 15) is 57.8 Å². The number of methoxy groups -OCH3 is 2. The number of carbonyl (C=O) groups is 11. The summed E-state index contributed by atoms with van der Waals surface area (Å²) >= 11 is 0. The maximum atomic E-state index is 14.8. The van der Waals surface area contributed by atoms with Crippen molar-refractivity contribution in [3.63, 3.8) is 0 Å². The molecule has 3 aromatic carbocycles. The molecule has 1 unspecified atom stereocenters. The monoisotopic (exact) mass is 1380 g/mol. The number of imide groups is 1. The van der Waals surface area contributed by atoms with Gasteiger partial charge in [0.1, 0.15) is 30.8 Å². The van der Waals surface area contributed by atoms with E-state index in [-0.39, 0.29) is 80.2 Å². The summed E-state index contributed by atoms with van der Waals surface area (Å²) in [6.07, 6.45) is 0.333. The van der Waals surface area contributed by atoms with E-state index in [0.29, 0.717) is 61.9 Å². The van der Waals surface area contributed by atoms with E-state index >= 15 is 0 Å². The van der Waals surface area contributed by atoms with Crippen LogP contribution >= 0.6 is 0 Å². The Hall–Kier alpha value is -8.53. The van der Waals surface area contributed by atoms with Crippen molar-refractivity contribution in [2.24, 2.45) is 35.3 Å². The van der Waals surface area contributed by atoms with Crippen LogP contribution in [0.15, 0.2) is 78.9 Å². The van der Waals surface area contributed by atoms with Crippen molar-refractivity contribution < 1.29 is 76.9 Å². The Bertz CT molecular complexity index is 3170. The van der Waals surface area contributed by atoms with E-state index in [0.717, 1.165) is 5.06 Å². The first-order valence-corrected chi connectivity index (χ1v) is 34.5. The van der Waals surface area contributed by atoms with Crippen LogP contribution < -0.4 is 37.6 Å². The quantitative estimate of drug-likeness (QED) is 0.0227. The number of nitrogens with two attached hydrogens (primary N) is 1. The third-order valence-corrected chi connectivity index (χ3v) is 18.6. The molecule has 0 saturated carbocycles. The number of hydrogen-bond donors (Lipinski definition) is 8. The van der Waals surface area contributed by atoms with Crippen LogP contribution in [0.2, 0.25) is 0 Å². The minimum absolute atomic E-state index is 0.0649. The van der Waals surface area contributed by atoms with E-state index in [1.807, 2.05) is 32.0 Å². The molecule has 546 valence electrons. The van der Waals surface area contributed by atoms with Crippen LogP contribution in [0.4, 0.5) is 15.3 Å². The summed E-state index contributed by atoms with van der Waals surface area (Å²) in [6.45, 7) is 18.4. The van der Waals surface area contributed by atoms with Crippen LogP contribution in [-0.4, -0.2) is 193 Å². The first-order chi connectivity index (χ1) is 47.0. The molecule has 12 amide bonds. The zero-order valence-electron chi connectivity index (χ0n) is 60.0. The summed E-state index contributed by atoms with van der Waals surface area (Å²) in [5, 5.41) is 28.4. The number of urea groups is 1. The minimum atomic E-state index is -1.13. The number of ether oxygens (including phenoxy) is 3. The first-order valence-electron chi connectivity index (χ1n) is 34.5. The van der Waals surface area contributed by atoms with Crippen molar-refractivity contribution in [3.8, 4) is 0 Å². The molecule has 0 radical (unpaired) electrons. The molecule has 99 heavy (non-hydrogen) atoms. The van der Waals surface area contributed by atoms with Crippen LogP contribution in [0, 0.1) is 29.6 Å². The molecule has 0 bridgehead atoms. The molecule has 1 saturated heterocycles. The van der Waals surface area contributed by atoms with E-state index in [2.05, 4.69) is 31.9 Å². The standard InChI is InChI=1S/C72H107N11O16/c1-15-45(8)61(55(96-13)40-57(85)82-38-25-31-54(82)63(97-14)46(9)64(87)75-47(10)62(86)49-26-18-16-19-27-49)80(11)70(93)59(43(4)5)79-67(90)60(44(6)7)81(12)72(95)98-41-48-33-35-50(36-34-48)76-65(88)53(30-24-37-74-71(73)94)77-66(89)58(42(2)3)78-56(84)32-20-17-23-39-99-83-68(91)51-28-21-22-29-52(51)69(83)92/h16,18-19,21-22,26-29,33-36,42-47,53-55,58-63,86H,15,17,20,23-25,30-32,37-41H2,1-14H3,(H,75,87)(H,76,88)(H,77,89)(H,78,84)(H,79,90)(H3,73,74,94)/t45?,46-,47-,53+,54+,55-,58+,59+,60+,61+,62-,63-/m1/s1. The minimum Gasteiger partial charge on any atom is -0.445 e. The normalized spacial score (nSPS) is 17.0. The first kappa shape index (κ1) is 81.1. The fourth-order valence-electron chi connectivity index (χ4n) is 12.7. The number of rotatable bonds is 39. The second-order valence-electron chi connectivity index (χ2n) is 26.9. The highest BCUT2D eigenvalue weighted by molar-refractivity contribution is 6.20. The Morgan fingerprint density at radius 2 is 1.31 bits per heavy atom. The molecule has 9 N–H and O–H groups in total. The number of hydroxylamine groups is 2. The van der Waals surface area contributed by atoms with Gasteiger partial charge in [-0.1, -0.05) is 130 Å². The number of primary amides is 1. The predicted octanol–water partition coefficient (Wildman–Crippen LogP) is 6.38. The molecule has 0 spiro atoms. The number of aliphatic hydroxyl groups is 1. The van der Waals surface area contributed by atoms with Gasteiger partial charge in [0.05, 0.1) is 66.5 Å². The van der Waals surface area contributed by atoms with Gasteiger partial charge < -0.3 is 66.8 Å². The Morgan fingerprint density at radius 1 is 0.687 bits per heavy atom. The molecule has 0 aromatic heterocycles. The Morgan fingerprint density at radius 3 is 1.89 bits per heavy atom. The van der Waals surface area contributed by atoms with Gasteiger partial charge in [0.25, 0.3) is 11.8 Å². The average molecular weight is 1380 g/mol. The van der Waals surface area contributed by atoms with Gasteiger partial charge in [-0.25, -0.2) is 9.59 Å². The number of likely N-dealkylation sites (tertiary alicyclic amines) is 1. The van der Waals surface area contributed by atoms with Crippen molar-refractivity contribution in [1.82, 2.24) is 46.3 Å². The lowest BCUT2D eigenvalue weighted by molar-refractivity contribution is -0.148. The van der Waals surface area contributed by atoms with E-state index < -0.39 is 132 Å². The number of carbonyl (C=O) groups excluding carboxylic acids is 11. The fourth-order valence-corrected chi connectivity index (χ4v) is 12.7. The van der Waals surface area contributed by atoms with Crippen LogP contribution in [0.5, 0.6) is 0 Å².